The van der Waals surface area contributed by atoms with E-state index in [4.69, 9.17) is 9.47 Å². The highest BCUT2D eigenvalue weighted by Gasteiger charge is 2.38. The molecule has 176 valence electrons. The minimum absolute atomic E-state index is 0.0102. The summed E-state index contributed by atoms with van der Waals surface area (Å²) in [7, 11) is -1.84. The van der Waals surface area contributed by atoms with Crippen molar-refractivity contribution < 1.29 is 31.9 Å². The van der Waals surface area contributed by atoms with Crippen LogP contribution in [-0.2, 0) is 19.5 Å². The largest absolute Gasteiger partial charge is 0.465 e. The molecule has 0 N–H and O–H groups in total. The van der Waals surface area contributed by atoms with Gasteiger partial charge < -0.3 is 9.47 Å². The maximum atomic E-state index is 13.4. The normalized spacial score (nSPS) is 16.1. The summed E-state index contributed by atoms with van der Waals surface area (Å²) in [6.07, 6.45) is 0. The predicted octanol–water partition coefficient (Wildman–Crippen LogP) is 2.34. The second kappa shape index (κ2) is 9.96. The summed E-state index contributed by atoms with van der Waals surface area (Å²) in [5.41, 5.74) is 0.600. The van der Waals surface area contributed by atoms with Crippen molar-refractivity contribution in [2.45, 2.75) is 17.2 Å². The fourth-order valence-corrected chi connectivity index (χ4v) is 6.93. The third-order valence-electron chi connectivity index (χ3n) is 5.40. The van der Waals surface area contributed by atoms with Gasteiger partial charge in [-0.3, -0.25) is 4.90 Å². The van der Waals surface area contributed by atoms with Gasteiger partial charge in [0.2, 0.25) is 0 Å². The first-order chi connectivity index (χ1) is 15.6. The molecular formula is C21H22FN3O6S2. The zero-order chi connectivity index (χ0) is 24.3. The van der Waals surface area contributed by atoms with Crippen molar-refractivity contribution in [2.24, 2.45) is 0 Å². The number of thiophene rings is 1. The lowest BCUT2D eigenvalue weighted by molar-refractivity contribution is 0.0596. The fourth-order valence-electron chi connectivity index (χ4n) is 3.63. The number of halogens is 1. The Labute approximate surface area is 195 Å². The summed E-state index contributed by atoms with van der Waals surface area (Å²) >= 11 is 0.666. The van der Waals surface area contributed by atoms with Crippen LogP contribution in [0.15, 0.2) is 28.5 Å². The number of esters is 2. The average molecular weight is 496 g/mol. The molecule has 33 heavy (non-hydrogen) atoms. The van der Waals surface area contributed by atoms with Gasteiger partial charge in [0.1, 0.15) is 16.7 Å². The average Bonchev–Trinajstić information content (AvgIpc) is 3.18. The first-order valence-electron chi connectivity index (χ1n) is 9.85. The lowest BCUT2D eigenvalue weighted by Gasteiger charge is -2.36. The molecule has 1 fully saturated rings. The van der Waals surface area contributed by atoms with E-state index in [-0.39, 0.29) is 46.4 Å². The van der Waals surface area contributed by atoms with Gasteiger partial charge in [0.15, 0.2) is 4.21 Å². The first-order valence-corrected chi connectivity index (χ1v) is 12.1. The van der Waals surface area contributed by atoms with Gasteiger partial charge in [-0.1, -0.05) is 12.1 Å². The third kappa shape index (κ3) is 4.77. The summed E-state index contributed by atoms with van der Waals surface area (Å²) in [6.45, 7) is 2.08. The van der Waals surface area contributed by atoms with Crippen LogP contribution in [0.5, 0.6) is 0 Å². The van der Waals surface area contributed by atoms with Crippen LogP contribution in [0.25, 0.3) is 0 Å². The highest BCUT2D eigenvalue weighted by Crippen LogP contribution is 2.35. The van der Waals surface area contributed by atoms with E-state index in [1.807, 2.05) is 0 Å². The summed E-state index contributed by atoms with van der Waals surface area (Å²) in [5, 5.41) is 9.63. The van der Waals surface area contributed by atoms with E-state index in [0.29, 0.717) is 16.9 Å². The molecule has 1 aromatic carbocycles. The van der Waals surface area contributed by atoms with Crippen molar-refractivity contribution in [1.82, 2.24) is 9.21 Å². The van der Waals surface area contributed by atoms with Gasteiger partial charge in [-0.15, -0.1) is 11.3 Å². The van der Waals surface area contributed by atoms with E-state index >= 15 is 0 Å². The number of nitrogens with zero attached hydrogens (tertiary/aromatic N) is 3. The quantitative estimate of drug-likeness (QED) is 0.561. The predicted molar refractivity (Wildman–Crippen MR) is 117 cm³/mol. The maximum Gasteiger partial charge on any atom is 0.348 e. The van der Waals surface area contributed by atoms with Crippen molar-refractivity contribution in [3.05, 3.63) is 51.7 Å². The lowest BCUT2D eigenvalue weighted by Crippen LogP contribution is -2.49. The number of benzene rings is 1. The van der Waals surface area contributed by atoms with Crippen molar-refractivity contribution in [3.63, 3.8) is 0 Å². The van der Waals surface area contributed by atoms with Crippen LogP contribution in [0.2, 0.25) is 0 Å². The molecule has 0 unspecified atom stereocenters. The molecule has 12 heteroatoms. The molecule has 1 aliphatic rings. The number of ether oxygens (including phenoxy) is 2. The Kier molecular flexibility index (Phi) is 7.48. The monoisotopic (exact) mass is 495 g/mol. The van der Waals surface area contributed by atoms with Crippen LogP contribution in [0.3, 0.4) is 0 Å². The molecule has 0 amide bonds. The van der Waals surface area contributed by atoms with E-state index < -0.39 is 33.8 Å². The molecule has 9 nitrogen and oxygen atoms in total. The second-order valence-corrected chi connectivity index (χ2v) is 10.4. The van der Waals surface area contributed by atoms with Gasteiger partial charge in [0.05, 0.1) is 25.9 Å². The number of hydrogen-bond donors (Lipinski definition) is 0. The number of nitriles is 1. The smallest absolute Gasteiger partial charge is 0.348 e. The third-order valence-corrected chi connectivity index (χ3v) is 9.06. The Morgan fingerprint density at radius 3 is 2.18 bits per heavy atom. The minimum atomic E-state index is -4.13. The van der Waals surface area contributed by atoms with Gasteiger partial charge in [0.25, 0.3) is 10.0 Å². The second-order valence-electron chi connectivity index (χ2n) is 7.23. The Morgan fingerprint density at radius 2 is 1.67 bits per heavy atom. The summed E-state index contributed by atoms with van der Waals surface area (Å²) in [6, 6.07) is 7.11. The Hall–Kier alpha value is -2.85. The van der Waals surface area contributed by atoms with E-state index in [1.54, 1.807) is 4.90 Å². The molecule has 0 saturated carbocycles. The molecule has 1 atom stereocenters. The summed E-state index contributed by atoms with van der Waals surface area (Å²) in [5.74, 6) is -2.02. The topological polar surface area (TPSA) is 117 Å². The van der Waals surface area contributed by atoms with Gasteiger partial charge in [-0.05, 0) is 30.2 Å². The van der Waals surface area contributed by atoms with Crippen LogP contribution in [0, 0.1) is 24.1 Å². The number of methoxy groups -OCH3 is 2. The number of rotatable bonds is 6. The molecule has 3 rings (SSSR count). The highest BCUT2D eigenvalue weighted by atomic mass is 32.2. The molecule has 2 heterocycles. The van der Waals surface area contributed by atoms with Crippen LogP contribution in [-0.4, -0.2) is 70.0 Å². The zero-order valence-corrected chi connectivity index (χ0v) is 19.8. The number of hydrogen-bond acceptors (Lipinski definition) is 9. The van der Waals surface area contributed by atoms with Gasteiger partial charge in [-0.25, -0.2) is 22.4 Å². The van der Waals surface area contributed by atoms with E-state index in [1.165, 1.54) is 42.6 Å². The number of carbonyl (C=O) groups excluding carboxylic acids is 2. The fraction of sp³-hybridized carbons (Fsp3) is 0.381. The van der Waals surface area contributed by atoms with Gasteiger partial charge >= 0.3 is 11.9 Å². The Bertz CT molecular complexity index is 1200. The Balaban J connectivity index is 1.87. The van der Waals surface area contributed by atoms with Crippen molar-refractivity contribution in [2.75, 3.05) is 40.4 Å². The van der Waals surface area contributed by atoms with Gasteiger partial charge in [-0.2, -0.15) is 9.57 Å². The molecule has 0 bridgehead atoms. The lowest BCUT2D eigenvalue weighted by atomic mass is 10.1. The molecule has 2 aromatic rings. The SMILES string of the molecule is COC(=O)c1sc(S(=O)(=O)N2CCN([C@H](C#N)c3ccc(F)cc3)CC2)c(C(=O)OC)c1C. The summed E-state index contributed by atoms with van der Waals surface area (Å²) < 4.78 is 50.4. The van der Waals surface area contributed by atoms with Crippen molar-refractivity contribution >= 4 is 33.3 Å². The van der Waals surface area contributed by atoms with Crippen molar-refractivity contribution in [1.29, 1.82) is 5.26 Å². The van der Waals surface area contributed by atoms with Crippen LogP contribution in [0.4, 0.5) is 4.39 Å². The minimum Gasteiger partial charge on any atom is -0.465 e. The zero-order valence-electron chi connectivity index (χ0n) is 18.2. The van der Waals surface area contributed by atoms with Crippen molar-refractivity contribution in [3.8, 4) is 6.07 Å². The standard InChI is InChI=1S/C21H22FN3O6S2/c1-13-17(19(26)30-2)21(32-18(13)20(27)31-3)33(28,29)25-10-8-24(9-11-25)16(12-23)14-4-6-15(22)7-5-14/h4-7,16H,8-11H2,1-3H3/t16-/m1/s1. The van der Waals surface area contributed by atoms with Gasteiger partial charge in [0, 0.05) is 26.2 Å². The molecule has 0 spiro atoms. The number of sulfonamides is 1. The van der Waals surface area contributed by atoms with E-state index in [9.17, 15) is 27.7 Å². The molecule has 1 saturated heterocycles. The molecule has 1 aliphatic heterocycles. The van der Waals surface area contributed by atoms with Crippen LogP contribution in [0.1, 0.15) is 37.2 Å². The van der Waals surface area contributed by atoms with E-state index in [2.05, 4.69) is 6.07 Å². The maximum absolute atomic E-state index is 13.4. The number of piperazine rings is 1. The molecular weight excluding hydrogens is 473 g/mol. The highest BCUT2D eigenvalue weighted by molar-refractivity contribution is 7.91. The number of carbonyl (C=O) groups is 2. The molecule has 0 aliphatic carbocycles. The molecule has 0 radical (unpaired) electrons. The van der Waals surface area contributed by atoms with Crippen LogP contribution < -0.4 is 0 Å². The van der Waals surface area contributed by atoms with E-state index in [0.717, 1.165) is 7.11 Å². The summed E-state index contributed by atoms with van der Waals surface area (Å²) in [4.78, 5) is 26.3. The van der Waals surface area contributed by atoms with Crippen LogP contribution >= 0.6 is 11.3 Å². The molecule has 1 aromatic heterocycles. The first kappa shape index (κ1) is 24.8. The Morgan fingerprint density at radius 1 is 1.09 bits per heavy atom.